The summed E-state index contributed by atoms with van der Waals surface area (Å²) in [7, 11) is 0. The lowest BCUT2D eigenvalue weighted by atomic mass is 10.1. The van der Waals surface area contributed by atoms with Crippen molar-refractivity contribution in [3.63, 3.8) is 0 Å². The molecule has 2 aromatic rings. The average molecular weight is 343 g/mol. The van der Waals surface area contributed by atoms with Gasteiger partial charge in [-0.05, 0) is 25.0 Å². The highest BCUT2D eigenvalue weighted by Crippen LogP contribution is 2.17. The lowest BCUT2D eigenvalue weighted by Gasteiger charge is -2.21. The summed E-state index contributed by atoms with van der Waals surface area (Å²) >= 11 is 0. The van der Waals surface area contributed by atoms with Crippen molar-refractivity contribution in [2.75, 3.05) is 13.1 Å². The molecule has 1 fully saturated rings. The smallest absolute Gasteiger partial charge is 0.326 e. The fourth-order valence-corrected chi connectivity index (χ4v) is 3.01. The first-order valence-electron chi connectivity index (χ1n) is 7.90. The second kappa shape index (κ2) is 6.76. The Morgan fingerprint density at radius 2 is 2.04 bits per heavy atom. The van der Waals surface area contributed by atoms with Crippen LogP contribution < -0.4 is 10.7 Å². The second-order valence-corrected chi connectivity index (χ2v) is 5.84. The van der Waals surface area contributed by atoms with Crippen molar-refractivity contribution in [3.05, 3.63) is 46.2 Å². The van der Waals surface area contributed by atoms with Gasteiger partial charge in [-0.25, -0.2) is 4.79 Å². The molecular weight excluding hydrogens is 326 g/mol. The molecule has 25 heavy (non-hydrogen) atoms. The Balaban J connectivity index is 1.71. The number of H-pyrrole nitrogens is 1. The van der Waals surface area contributed by atoms with E-state index in [-0.39, 0.29) is 12.1 Å². The van der Waals surface area contributed by atoms with Crippen molar-refractivity contribution in [1.29, 1.82) is 0 Å². The molecule has 0 aliphatic carbocycles. The molecule has 2 heterocycles. The molecule has 1 saturated heterocycles. The van der Waals surface area contributed by atoms with Crippen LogP contribution in [0, 0.1) is 0 Å². The van der Waals surface area contributed by atoms with Crippen LogP contribution in [0.5, 0.6) is 0 Å². The number of nitrogens with zero attached hydrogens (tertiary/aromatic N) is 1. The Bertz CT molecular complexity index is 905. The molecule has 1 aromatic carbocycles. The largest absolute Gasteiger partial charge is 0.480 e. The van der Waals surface area contributed by atoms with Crippen LogP contribution in [0.1, 0.15) is 23.2 Å². The highest BCUT2D eigenvalue weighted by atomic mass is 16.4. The molecule has 0 spiro atoms. The number of carbonyl (C=O) groups excluding carboxylic acids is 2. The third-order valence-electron chi connectivity index (χ3n) is 4.29. The normalized spacial score (nSPS) is 16.8. The zero-order valence-corrected chi connectivity index (χ0v) is 13.3. The van der Waals surface area contributed by atoms with Crippen LogP contribution in [0.15, 0.2) is 35.3 Å². The molecule has 8 nitrogen and oxygen atoms in total. The Labute approximate surface area is 142 Å². The molecule has 1 aromatic heterocycles. The SMILES string of the molecule is O=C(NCC(=O)N1CCC[C@H]1C(=O)O)c1c[nH]c2ccccc2c1=O. The monoisotopic (exact) mass is 343 g/mol. The minimum Gasteiger partial charge on any atom is -0.480 e. The van der Waals surface area contributed by atoms with Crippen LogP contribution in [0.25, 0.3) is 10.9 Å². The zero-order valence-electron chi connectivity index (χ0n) is 13.3. The molecule has 2 amide bonds. The molecular formula is C17H17N3O5. The number of fused-ring (bicyclic) bond motifs is 1. The van der Waals surface area contributed by atoms with Gasteiger partial charge in [0.15, 0.2) is 0 Å². The number of amides is 2. The summed E-state index contributed by atoms with van der Waals surface area (Å²) in [6.45, 7) is -0.00287. The predicted molar refractivity (Wildman–Crippen MR) is 89.3 cm³/mol. The summed E-state index contributed by atoms with van der Waals surface area (Å²) in [5, 5.41) is 11.9. The minimum atomic E-state index is -1.05. The summed E-state index contributed by atoms with van der Waals surface area (Å²) in [6, 6.07) is 5.95. The van der Waals surface area contributed by atoms with Crippen molar-refractivity contribution < 1.29 is 19.5 Å². The molecule has 130 valence electrons. The van der Waals surface area contributed by atoms with Crippen molar-refractivity contribution >= 4 is 28.7 Å². The maximum Gasteiger partial charge on any atom is 0.326 e. The van der Waals surface area contributed by atoms with Gasteiger partial charge in [0.1, 0.15) is 11.6 Å². The van der Waals surface area contributed by atoms with Gasteiger partial charge >= 0.3 is 5.97 Å². The van der Waals surface area contributed by atoms with Crippen molar-refractivity contribution in [1.82, 2.24) is 15.2 Å². The first kappa shape index (κ1) is 16.7. The molecule has 1 aliphatic heterocycles. The van der Waals surface area contributed by atoms with Crippen LogP contribution >= 0.6 is 0 Å². The molecule has 0 saturated carbocycles. The first-order valence-corrected chi connectivity index (χ1v) is 7.90. The summed E-state index contributed by atoms with van der Waals surface area (Å²) in [5.41, 5.74) is 0.0908. The number of aromatic amines is 1. The van der Waals surface area contributed by atoms with E-state index in [2.05, 4.69) is 10.3 Å². The van der Waals surface area contributed by atoms with Gasteiger partial charge in [0.2, 0.25) is 11.3 Å². The number of hydrogen-bond donors (Lipinski definition) is 3. The van der Waals surface area contributed by atoms with E-state index < -0.39 is 29.3 Å². The van der Waals surface area contributed by atoms with Gasteiger partial charge < -0.3 is 20.3 Å². The Hall–Kier alpha value is -3.16. The van der Waals surface area contributed by atoms with E-state index in [9.17, 15) is 19.2 Å². The highest BCUT2D eigenvalue weighted by Gasteiger charge is 2.33. The number of rotatable bonds is 4. The molecule has 1 aliphatic rings. The minimum absolute atomic E-state index is 0.0947. The van der Waals surface area contributed by atoms with Gasteiger partial charge in [-0.3, -0.25) is 14.4 Å². The topological polar surface area (TPSA) is 120 Å². The van der Waals surface area contributed by atoms with E-state index in [1.54, 1.807) is 24.3 Å². The number of aromatic nitrogens is 1. The van der Waals surface area contributed by atoms with Gasteiger partial charge in [0, 0.05) is 23.6 Å². The number of nitrogens with one attached hydrogen (secondary N) is 2. The van der Waals surface area contributed by atoms with E-state index in [4.69, 9.17) is 5.11 Å². The summed E-state index contributed by atoms with van der Waals surface area (Å²) in [4.78, 5) is 52.0. The molecule has 0 bridgehead atoms. The van der Waals surface area contributed by atoms with Gasteiger partial charge in [-0.15, -0.1) is 0 Å². The lowest BCUT2D eigenvalue weighted by Crippen LogP contribution is -2.45. The number of hydrogen-bond acceptors (Lipinski definition) is 4. The molecule has 0 unspecified atom stereocenters. The maximum atomic E-state index is 12.4. The van der Waals surface area contributed by atoms with E-state index in [1.165, 1.54) is 11.1 Å². The number of carboxylic acids is 1. The third-order valence-corrected chi connectivity index (χ3v) is 4.29. The zero-order chi connectivity index (χ0) is 18.0. The van der Waals surface area contributed by atoms with Crippen LogP contribution in [0.4, 0.5) is 0 Å². The molecule has 1 atom stereocenters. The van der Waals surface area contributed by atoms with Crippen LogP contribution in [0.2, 0.25) is 0 Å². The second-order valence-electron chi connectivity index (χ2n) is 5.84. The number of carboxylic acid groups (broad SMARTS) is 1. The fourth-order valence-electron chi connectivity index (χ4n) is 3.01. The summed E-state index contributed by atoms with van der Waals surface area (Å²) < 4.78 is 0. The molecule has 8 heteroatoms. The number of para-hydroxylation sites is 1. The van der Waals surface area contributed by atoms with Gasteiger partial charge in [-0.1, -0.05) is 12.1 Å². The summed E-state index contributed by atoms with van der Waals surface area (Å²) in [6.07, 6.45) is 2.32. The number of aliphatic carboxylic acids is 1. The van der Waals surface area contributed by atoms with Crippen molar-refractivity contribution in [2.24, 2.45) is 0 Å². The predicted octanol–water partition coefficient (Wildman–Crippen LogP) is 0.333. The molecule has 3 rings (SSSR count). The number of likely N-dealkylation sites (tertiary alicyclic amines) is 1. The van der Waals surface area contributed by atoms with Gasteiger partial charge in [0.05, 0.1) is 6.54 Å². The van der Waals surface area contributed by atoms with Crippen molar-refractivity contribution in [2.45, 2.75) is 18.9 Å². The van der Waals surface area contributed by atoms with Gasteiger partial charge in [0.25, 0.3) is 5.91 Å². The van der Waals surface area contributed by atoms with E-state index in [0.29, 0.717) is 30.3 Å². The van der Waals surface area contributed by atoms with Crippen molar-refractivity contribution in [3.8, 4) is 0 Å². The third kappa shape index (κ3) is 3.23. The molecule has 0 radical (unpaired) electrons. The lowest BCUT2D eigenvalue weighted by molar-refractivity contribution is -0.147. The van der Waals surface area contributed by atoms with E-state index >= 15 is 0 Å². The number of pyridine rings is 1. The van der Waals surface area contributed by atoms with Crippen LogP contribution in [-0.4, -0.2) is 51.9 Å². The molecule has 3 N–H and O–H groups in total. The van der Waals surface area contributed by atoms with E-state index in [1.807, 2.05) is 0 Å². The van der Waals surface area contributed by atoms with E-state index in [0.717, 1.165) is 0 Å². The standard InChI is InChI=1S/C17H17N3O5/c21-14(20-7-3-6-13(20)17(24)25)9-19-16(23)11-8-18-12-5-2-1-4-10(12)15(11)22/h1-2,4-5,8,13H,3,6-7,9H2,(H,18,22)(H,19,23)(H,24,25)/t13-/m0/s1. The highest BCUT2D eigenvalue weighted by molar-refractivity contribution is 5.99. The Morgan fingerprint density at radius 3 is 2.80 bits per heavy atom. The number of benzene rings is 1. The Kier molecular flexibility index (Phi) is 4.51. The maximum absolute atomic E-state index is 12.4. The Morgan fingerprint density at radius 1 is 1.28 bits per heavy atom. The number of carbonyl (C=O) groups is 3. The fraction of sp³-hybridized carbons (Fsp3) is 0.294. The van der Waals surface area contributed by atoms with Crippen LogP contribution in [0.3, 0.4) is 0 Å². The average Bonchev–Trinajstić information content (AvgIpc) is 3.10. The summed E-state index contributed by atoms with van der Waals surface area (Å²) in [5.74, 6) is -2.20. The van der Waals surface area contributed by atoms with Crippen LogP contribution in [-0.2, 0) is 9.59 Å². The van der Waals surface area contributed by atoms with Gasteiger partial charge in [-0.2, -0.15) is 0 Å². The first-order chi connectivity index (χ1) is 12.0. The quantitative estimate of drug-likeness (QED) is 0.739.